The van der Waals surface area contributed by atoms with Gasteiger partial charge in [-0.1, -0.05) is 0 Å². The van der Waals surface area contributed by atoms with Gasteiger partial charge in [-0.05, 0) is 22.6 Å². The van der Waals surface area contributed by atoms with Crippen LogP contribution >= 0.6 is 33.9 Å². The molecule has 1 N–H and O–H groups in total. The molecule has 2 heterocycles. The van der Waals surface area contributed by atoms with Gasteiger partial charge < -0.3 is 10.1 Å². The number of likely N-dealkylation sites (N-methyl/N-ethyl adjacent to an activating group) is 1. The maximum absolute atomic E-state index is 11.5. The molecule has 1 aliphatic rings. The summed E-state index contributed by atoms with van der Waals surface area (Å²) in [4.78, 5) is 18.0. The highest BCUT2D eigenvalue weighted by atomic mass is 127. The first-order chi connectivity index (χ1) is 8.19. The summed E-state index contributed by atoms with van der Waals surface area (Å²) >= 11 is 3.95. The summed E-state index contributed by atoms with van der Waals surface area (Å²) in [5.74, 6) is -0.0524. The van der Waals surface area contributed by atoms with Crippen molar-refractivity contribution in [1.29, 1.82) is 0 Å². The van der Waals surface area contributed by atoms with E-state index in [0.717, 1.165) is 18.1 Å². The second-order valence-electron chi connectivity index (χ2n) is 3.77. The zero-order chi connectivity index (χ0) is 12.3. The van der Waals surface area contributed by atoms with Crippen LogP contribution < -0.4 is 5.32 Å². The molecule has 1 aromatic rings. The molecular weight excluding hydrogens is 353 g/mol. The molecule has 1 amide bonds. The number of amides is 1. The van der Waals surface area contributed by atoms with Crippen molar-refractivity contribution < 1.29 is 9.53 Å². The summed E-state index contributed by atoms with van der Waals surface area (Å²) in [6, 6.07) is 0. The summed E-state index contributed by atoms with van der Waals surface area (Å²) in [7, 11) is 1.63. The molecule has 1 aliphatic heterocycles. The fraction of sp³-hybridized carbons (Fsp3) is 0.600. The predicted molar refractivity (Wildman–Crippen MR) is 73.9 cm³/mol. The van der Waals surface area contributed by atoms with Crippen LogP contribution in [0, 0.1) is 2.88 Å². The van der Waals surface area contributed by atoms with Crippen molar-refractivity contribution >= 4 is 39.8 Å². The smallest absolute Gasteiger partial charge is 0.250 e. The van der Waals surface area contributed by atoms with E-state index in [4.69, 9.17) is 4.74 Å². The zero-order valence-corrected chi connectivity index (χ0v) is 12.5. The van der Waals surface area contributed by atoms with Crippen molar-refractivity contribution in [1.82, 2.24) is 15.2 Å². The molecule has 7 heteroatoms. The lowest BCUT2D eigenvalue weighted by atomic mass is 10.2. The topological polar surface area (TPSA) is 54.5 Å². The van der Waals surface area contributed by atoms with Gasteiger partial charge in [0.05, 0.1) is 22.2 Å². The Balaban J connectivity index is 1.91. The molecule has 5 nitrogen and oxygen atoms in total. The lowest BCUT2D eigenvalue weighted by Crippen LogP contribution is -2.48. The Kier molecular flexibility index (Phi) is 4.71. The van der Waals surface area contributed by atoms with Gasteiger partial charge in [0.15, 0.2) is 0 Å². The van der Waals surface area contributed by atoms with Crippen LogP contribution in [0.4, 0.5) is 0 Å². The maximum Gasteiger partial charge on any atom is 0.250 e. The Labute approximate surface area is 118 Å². The molecule has 1 unspecified atom stereocenters. The van der Waals surface area contributed by atoms with Gasteiger partial charge in [0.1, 0.15) is 11.1 Å². The highest BCUT2D eigenvalue weighted by molar-refractivity contribution is 14.1. The molecule has 0 saturated carbocycles. The van der Waals surface area contributed by atoms with Crippen molar-refractivity contribution in [2.24, 2.45) is 0 Å². The van der Waals surface area contributed by atoms with Crippen molar-refractivity contribution in [2.45, 2.75) is 12.6 Å². The molecule has 2 rings (SSSR count). The van der Waals surface area contributed by atoms with Crippen molar-refractivity contribution in [3.63, 3.8) is 0 Å². The molecule has 1 atom stereocenters. The molecule has 94 valence electrons. The minimum Gasteiger partial charge on any atom is -0.366 e. The number of nitrogens with zero attached hydrogens (tertiary/aromatic N) is 2. The van der Waals surface area contributed by atoms with Crippen LogP contribution in [0.25, 0.3) is 0 Å². The molecule has 0 aromatic carbocycles. The monoisotopic (exact) mass is 367 g/mol. The Bertz CT molecular complexity index is 399. The van der Waals surface area contributed by atoms with E-state index in [1.54, 1.807) is 18.4 Å². The number of ether oxygens (including phenoxy) is 1. The number of hydrogen-bond donors (Lipinski definition) is 1. The van der Waals surface area contributed by atoms with Crippen LogP contribution in [0.3, 0.4) is 0 Å². The minimum atomic E-state index is -0.354. The lowest BCUT2D eigenvalue weighted by molar-refractivity contribution is -0.138. The number of morpholine rings is 1. The average Bonchev–Trinajstić information content (AvgIpc) is 2.74. The number of thiazole rings is 1. The predicted octanol–water partition coefficient (Wildman–Crippen LogP) is 0.695. The van der Waals surface area contributed by atoms with Crippen LogP contribution in [0.2, 0.25) is 0 Å². The van der Waals surface area contributed by atoms with Gasteiger partial charge in [-0.25, -0.2) is 4.98 Å². The van der Waals surface area contributed by atoms with E-state index in [2.05, 4.69) is 37.8 Å². The van der Waals surface area contributed by atoms with Crippen molar-refractivity contribution in [3.05, 3.63) is 14.1 Å². The summed E-state index contributed by atoms with van der Waals surface area (Å²) in [6.45, 7) is 2.88. The molecule has 1 aromatic heterocycles. The molecule has 17 heavy (non-hydrogen) atoms. The third-order valence-electron chi connectivity index (χ3n) is 2.57. The molecule has 0 radical (unpaired) electrons. The number of halogens is 1. The van der Waals surface area contributed by atoms with Crippen LogP contribution in [0.1, 0.15) is 5.01 Å². The summed E-state index contributed by atoms with van der Waals surface area (Å²) in [6.07, 6.45) is 1.52. The minimum absolute atomic E-state index is 0.0524. The standard InChI is InChI=1S/C10H14IN3O2S/c1-12-10(15)7-5-14(2-3-16-7)6-9-13-4-8(11)17-9/h4,7H,2-3,5-6H2,1H3,(H,12,15). The number of rotatable bonds is 3. The van der Waals surface area contributed by atoms with Crippen LogP contribution in [-0.4, -0.2) is 48.6 Å². The van der Waals surface area contributed by atoms with Gasteiger partial charge in [-0.2, -0.15) is 0 Å². The third-order valence-corrected chi connectivity index (χ3v) is 4.28. The van der Waals surface area contributed by atoms with Crippen LogP contribution in [0.5, 0.6) is 0 Å². The first-order valence-corrected chi connectivity index (χ1v) is 7.24. The fourth-order valence-electron chi connectivity index (χ4n) is 1.72. The molecule has 0 bridgehead atoms. The molecular formula is C10H14IN3O2S. The highest BCUT2D eigenvalue weighted by Gasteiger charge is 2.26. The van der Waals surface area contributed by atoms with E-state index < -0.39 is 0 Å². The van der Waals surface area contributed by atoms with E-state index in [1.165, 1.54) is 2.88 Å². The Morgan fingerprint density at radius 3 is 3.29 bits per heavy atom. The van der Waals surface area contributed by atoms with E-state index in [1.807, 2.05) is 6.20 Å². The molecule has 1 saturated heterocycles. The van der Waals surface area contributed by atoms with E-state index in [0.29, 0.717) is 13.2 Å². The quantitative estimate of drug-likeness (QED) is 0.800. The number of carbonyl (C=O) groups is 1. The normalized spacial score (nSPS) is 21.4. The average molecular weight is 367 g/mol. The summed E-state index contributed by atoms with van der Waals surface area (Å²) in [5.41, 5.74) is 0. The summed E-state index contributed by atoms with van der Waals surface area (Å²) < 4.78 is 6.62. The number of carbonyl (C=O) groups excluding carboxylic acids is 1. The Morgan fingerprint density at radius 2 is 2.65 bits per heavy atom. The zero-order valence-electron chi connectivity index (χ0n) is 9.48. The van der Waals surface area contributed by atoms with Crippen LogP contribution in [0.15, 0.2) is 6.20 Å². The second-order valence-corrected chi connectivity index (χ2v) is 6.78. The Hall–Kier alpha value is -0.250. The number of aromatic nitrogens is 1. The van der Waals surface area contributed by atoms with Crippen LogP contribution in [-0.2, 0) is 16.1 Å². The Morgan fingerprint density at radius 1 is 1.82 bits per heavy atom. The molecule has 0 spiro atoms. The molecule has 1 fully saturated rings. The summed E-state index contributed by atoms with van der Waals surface area (Å²) in [5, 5.41) is 3.71. The largest absolute Gasteiger partial charge is 0.366 e. The first kappa shape index (κ1) is 13.2. The highest BCUT2D eigenvalue weighted by Crippen LogP contribution is 2.17. The number of hydrogen-bond acceptors (Lipinski definition) is 5. The van der Waals surface area contributed by atoms with Crippen molar-refractivity contribution in [2.75, 3.05) is 26.7 Å². The number of nitrogens with one attached hydrogen (secondary N) is 1. The molecule has 0 aliphatic carbocycles. The second kappa shape index (κ2) is 6.07. The third kappa shape index (κ3) is 3.60. The van der Waals surface area contributed by atoms with Gasteiger partial charge >= 0.3 is 0 Å². The van der Waals surface area contributed by atoms with Gasteiger partial charge in [0.2, 0.25) is 5.91 Å². The van der Waals surface area contributed by atoms with E-state index in [9.17, 15) is 4.79 Å². The van der Waals surface area contributed by atoms with Gasteiger partial charge in [0.25, 0.3) is 0 Å². The SMILES string of the molecule is CNC(=O)C1CN(Cc2ncc(I)s2)CCO1. The van der Waals surface area contributed by atoms with Gasteiger partial charge in [-0.15, -0.1) is 11.3 Å². The van der Waals surface area contributed by atoms with Crippen molar-refractivity contribution in [3.8, 4) is 0 Å². The first-order valence-electron chi connectivity index (χ1n) is 5.35. The van der Waals surface area contributed by atoms with Gasteiger partial charge in [0, 0.05) is 20.1 Å². The lowest BCUT2D eigenvalue weighted by Gasteiger charge is -2.31. The van der Waals surface area contributed by atoms with E-state index in [-0.39, 0.29) is 12.0 Å². The fourth-order valence-corrected chi connectivity index (χ4v) is 3.30. The van der Waals surface area contributed by atoms with E-state index >= 15 is 0 Å². The maximum atomic E-state index is 11.5. The van der Waals surface area contributed by atoms with Gasteiger partial charge in [-0.3, -0.25) is 9.69 Å².